The first-order chi connectivity index (χ1) is 12.1. The molecule has 0 aromatic heterocycles. The van der Waals surface area contributed by atoms with Crippen molar-refractivity contribution in [1.82, 2.24) is 10.2 Å². The number of nitrogen functional groups attached to an aromatic ring is 1. The van der Waals surface area contributed by atoms with Crippen molar-refractivity contribution < 1.29 is 9.53 Å². The van der Waals surface area contributed by atoms with Crippen LogP contribution in [0.5, 0.6) is 0 Å². The van der Waals surface area contributed by atoms with Crippen molar-refractivity contribution in [3.63, 3.8) is 0 Å². The highest BCUT2D eigenvalue weighted by atomic mass is 16.6. The van der Waals surface area contributed by atoms with Crippen LogP contribution in [0.2, 0.25) is 0 Å². The molecule has 0 spiro atoms. The minimum atomic E-state index is -0.547. The van der Waals surface area contributed by atoms with Gasteiger partial charge in [0, 0.05) is 31.5 Å². The molecule has 1 rings (SSSR count). The number of nitrogens with two attached hydrogens (primary N) is 1. The highest BCUT2D eigenvalue weighted by Gasteiger charge is 2.22. The Bertz CT molecular complexity index is 655. The van der Waals surface area contributed by atoms with Crippen LogP contribution in [0, 0.1) is 0 Å². The summed E-state index contributed by atoms with van der Waals surface area (Å²) in [6, 6.07) is 7.65. The van der Waals surface area contributed by atoms with Gasteiger partial charge < -0.3 is 20.7 Å². The molecule has 5 heteroatoms. The molecule has 0 unspecified atom stereocenters. The molecule has 0 aliphatic rings. The summed E-state index contributed by atoms with van der Waals surface area (Å²) in [7, 11) is 1.80. The topological polar surface area (TPSA) is 67.6 Å². The van der Waals surface area contributed by atoms with Crippen molar-refractivity contribution in [1.29, 1.82) is 0 Å². The molecular weight excluding hydrogens is 326 g/mol. The van der Waals surface area contributed by atoms with E-state index in [1.54, 1.807) is 11.9 Å². The zero-order chi connectivity index (χ0) is 19.7. The second-order valence-electron chi connectivity index (χ2n) is 7.16. The minimum Gasteiger partial charge on any atom is -0.444 e. The van der Waals surface area contributed by atoms with Crippen LogP contribution in [0.15, 0.2) is 60.8 Å². The van der Waals surface area contributed by atoms with Gasteiger partial charge in [-0.2, -0.15) is 0 Å². The third kappa shape index (κ3) is 8.42. The number of hydrogen-bond donors (Lipinski definition) is 2. The van der Waals surface area contributed by atoms with Gasteiger partial charge in [0.1, 0.15) is 5.60 Å². The van der Waals surface area contributed by atoms with Gasteiger partial charge in [-0.3, -0.25) is 0 Å². The van der Waals surface area contributed by atoms with Crippen molar-refractivity contribution in [2.24, 2.45) is 0 Å². The van der Waals surface area contributed by atoms with E-state index in [0.29, 0.717) is 19.5 Å². The Labute approximate surface area is 157 Å². The molecule has 5 nitrogen and oxygen atoms in total. The lowest BCUT2D eigenvalue weighted by molar-refractivity contribution is 0.0270. The van der Waals surface area contributed by atoms with Crippen molar-refractivity contribution in [2.45, 2.75) is 32.8 Å². The van der Waals surface area contributed by atoms with Gasteiger partial charge in [-0.05, 0) is 56.5 Å². The number of nitrogens with zero attached hydrogens (tertiary/aromatic N) is 1. The first kappa shape index (κ1) is 21.4. The number of likely N-dealkylation sites (N-methyl/N-ethyl adjacent to an activating group) is 1. The molecule has 142 valence electrons. The first-order valence-corrected chi connectivity index (χ1v) is 8.65. The molecule has 0 radical (unpaired) electrons. The first-order valence-electron chi connectivity index (χ1n) is 8.65. The summed E-state index contributed by atoms with van der Waals surface area (Å²) in [6.07, 6.45) is 4.03. The van der Waals surface area contributed by atoms with E-state index in [1.807, 2.05) is 57.2 Å². The standard InChI is InChI=1S/C21H31N3O2/c1-16(7-8-17(2)23-6)15-24(20(25)26-21(3,4)5)14-13-18-9-11-19(22)12-10-18/h7-12,23H,1-2,13-15,22H2,3-6H3/b8-7-. The number of nitrogens with one attached hydrogen (secondary N) is 1. The lowest BCUT2D eigenvalue weighted by Gasteiger charge is -2.27. The fourth-order valence-corrected chi connectivity index (χ4v) is 2.11. The Morgan fingerprint density at radius 1 is 1.23 bits per heavy atom. The number of ether oxygens (including phenoxy) is 1. The van der Waals surface area contributed by atoms with Crippen molar-refractivity contribution in [2.75, 3.05) is 25.9 Å². The van der Waals surface area contributed by atoms with Crippen molar-refractivity contribution in [3.05, 3.63) is 66.4 Å². The van der Waals surface area contributed by atoms with E-state index < -0.39 is 5.60 Å². The van der Waals surface area contributed by atoms with Crippen LogP contribution in [0.25, 0.3) is 0 Å². The van der Waals surface area contributed by atoms with Gasteiger partial charge in [0.15, 0.2) is 0 Å². The molecule has 0 aliphatic carbocycles. The predicted molar refractivity (Wildman–Crippen MR) is 109 cm³/mol. The van der Waals surface area contributed by atoms with E-state index in [9.17, 15) is 4.79 Å². The molecule has 0 heterocycles. The van der Waals surface area contributed by atoms with Crippen molar-refractivity contribution >= 4 is 11.8 Å². The van der Waals surface area contributed by atoms with E-state index in [4.69, 9.17) is 10.5 Å². The molecule has 1 aromatic rings. The largest absolute Gasteiger partial charge is 0.444 e. The molecule has 0 saturated carbocycles. The zero-order valence-corrected chi connectivity index (χ0v) is 16.3. The molecule has 1 amide bonds. The van der Waals surface area contributed by atoms with E-state index in [2.05, 4.69) is 18.5 Å². The van der Waals surface area contributed by atoms with Crippen LogP contribution in [0.1, 0.15) is 26.3 Å². The Morgan fingerprint density at radius 2 is 1.85 bits per heavy atom. The number of amides is 1. The van der Waals surface area contributed by atoms with Crippen molar-refractivity contribution in [3.8, 4) is 0 Å². The van der Waals surface area contributed by atoms with Crippen LogP contribution in [0.3, 0.4) is 0 Å². The highest BCUT2D eigenvalue weighted by molar-refractivity contribution is 5.68. The minimum absolute atomic E-state index is 0.352. The van der Waals surface area contributed by atoms with Gasteiger partial charge in [-0.15, -0.1) is 0 Å². The summed E-state index contributed by atoms with van der Waals surface area (Å²) in [4.78, 5) is 14.2. The average Bonchev–Trinajstić information content (AvgIpc) is 2.56. The SMILES string of the molecule is C=C(/C=C\C(=C)NC)CN(CCc1ccc(N)cc1)C(=O)OC(C)(C)C. The van der Waals surface area contributed by atoms with Crippen LogP contribution < -0.4 is 11.1 Å². The quantitative estimate of drug-likeness (QED) is 0.547. The zero-order valence-electron chi connectivity index (χ0n) is 16.3. The van der Waals surface area contributed by atoms with Crippen LogP contribution in [-0.4, -0.2) is 36.7 Å². The van der Waals surface area contributed by atoms with Gasteiger partial charge in [0.25, 0.3) is 0 Å². The summed E-state index contributed by atoms with van der Waals surface area (Å²) in [6.45, 7) is 14.3. The van der Waals surface area contributed by atoms with E-state index in [0.717, 1.165) is 22.5 Å². The normalized spacial score (nSPS) is 11.2. The molecular formula is C21H31N3O2. The van der Waals surface area contributed by atoms with Gasteiger partial charge in [-0.25, -0.2) is 4.79 Å². The number of allylic oxidation sites excluding steroid dienone is 1. The predicted octanol–water partition coefficient (Wildman–Crippen LogP) is 3.89. The summed E-state index contributed by atoms with van der Waals surface area (Å²) in [5, 5.41) is 2.94. The Kier molecular flexibility index (Phi) is 7.97. The maximum atomic E-state index is 12.6. The van der Waals surface area contributed by atoms with Crippen LogP contribution >= 0.6 is 0 Å². The van der Waals surface area contributed by atoms with Gasteiger partial charge >= 0.3 is 6.09 Å². The summed E-state index contributed by atoms with van der Waals surface area (Å²) in [5.41, 5.74) is 8.57. The van der Waals surface area contributed by atoms with E-state index in [1.165, 1.54) is 0 Å². The Balaban J connectivity index is 2.79. The van der Waals surface area contributed by atoms with E-state index in [-0.39, 0.29) is 6.09 Å². The second-order valence-corrected chi connectivity index (χ2v) is 7.16. The van der Waals surface area contributed by atoms with Crippen LogP contribution in [0.4, 0.5) is 10.5 Å². The monoisotopic (exact) mass is 357 g/mol. The fourth-order valence-electron chi connectivity index (χ4n) is 2.11. The number of benzene rings is 1. The number of anilines is 1. The lowest BCUT2D eigenvalue weighted by Crippen LogP contribution is -2.39. The third-order valence-corrected chi connectivity index (χ3v) is 3.54. The molecule has 0 aliphatic heterocycles. The molecule has 0 fully saturated rings. The number of hydrogen-bond acceptors (Lipinski definition) is 4. The highest BCUT2D eigenvalue weighted by Crippen LogP contribution is 2.13. The molecule has 1 aromatic carbocycles. The Hall–Kier alpha value is -2.69. The smallest absolute Gasteiger partial charge is 0.410 e. The summed E-state index contributed by atoms with van der Waals surface area (Å²) in [5.74, 6) is 0. The molecule has 3 N–H and O–H groups in total. The fraction of sp³-hybridized carbons (Fsp3) is 0.381. The third-order valence-electron chi connectivity index (χ3n) is 3.54. The molecule has 26 heavy (non-hydrogen) atoms. The molecule has 0 saturated heterocycles. The van der Waals surface area contributed by atoms with E-state index >= 15 is 0 Å². The molecule has 0 atom stereocenters. The maximum Gasteiger partial charge on any atom is 0.410 e. The number of carbonyl (C=O) groups is 1. The summed E-state index contributed by atoms with van der Waals surface area (Å²) >= 11 is 0. The Morgan fingerprint density at radius 3 is 2.38 bits per heavy atom. The lowest BCUT2D eigenvalue weighted by atomic mass is 10.1. The van der Waals surface area contributed by atoms with Gasteiger partial charge in [0.05, 0.1) is 0 Å². The number of rotatable bonds is 8. The molecule has 0 bridgehead atoms. The van der Waals surface area contributed by atoms with Gasteiger partial charge in [0.2, 0.25) is 0 Å². The van der Waals surface area contributed by atoms with Crippen LogP contribution in [-0.2, 0) is 11.2 Å². The maximum absolute atomic E-state index is 12.6. The number of carbonyl (C=O) groups excluding carboxylic acids is 1. The summed E-state index contributed by atoms with van der Waals surface area (Å²) < 4.78 is 5.53. The van der Waals surface area contributed by atoms with Gasteiger partial charge in [-0.1, -0.05) is 31.4 Å². The second kappa shape index (κ2) is 9.70. The average molecular weight is 357 g/mol.